The van der Waals surface area contributed by atoms with Crippen molar-refractivity contribution in [3.8, 4) is 0 Å². The molecule has 0 saturated carbocycles. The predicted octanol–water partition coefficient (Wildman–Crippen LogP) is 0.175. The van der Waals surface area contributed by atoms with Gasteiger partial charge in [0.05, 0.1) is 19.3 Å². The Morgan fingerprint density at radius 1 is 1.09 bits per heavy atom. The van der Waals surface area contributed by atoms with E-state index in [4.69, 9.17) is 9.84 Å². The number of nitrogens with zero attached hydrogens (tertiary/aromatic N) is 2. The first kappa shape index (κ1) is 31.0. The fourth-order valence-corrected chi connectivity index (χ4v) is 2.83. The highest BCUT2D eigenvalue weighted by Gasteiger charge is 2.37. The lowest BCUT2D eigenvalue weighted by Crippen LogP contribution is -2.42. The number of aliphatic hydroxyl groups excluding tert-OH is 5. The first-order chi connectivity index (χ1) is 16.2. The van der Waals surface area contributed by atoms with E-state index < -0.39 is 42.8 Å². The first-order valence-corrected chi connectivity index (χ1v) is 10.4. The highest BCUT2D eigenvalue weighted by atomic mass is 16.5. The van der Waals surface area contributed by atoms with Crippen LogP contribution >= 0.6 is 0 Å². The number of rotatable bonds is 14. The molecule has 0 aliphatic carbocycles. The number of ether oxygens (including phenoxy) is 1. The molecule has 0 radical (unpaired) electrons. The molecule has 0 heterocycles. The first-order valence-electron chi connectivity index (χ1n) is 10.4. The summed E-state index contributed by atoms with van der Waals surface area (Å²) in [5, 5.41) is 46.6. The predicted molar refractivity (Wildman–Crippen MR) is 121 cm³/mol. The zero-order valence-corrected chi connectivity index (χ0v) is 19.0. The minimum absolute atomic E-state index is 0.0263. The molecule has 5 N–H and O–H groups in total. The number of carbonyl (C=O) groups is 1. The Bertz CT molecular complexity index is 812. The Labute approximate surface area is 197 Å². The molecule has 11 heteroatoms. The van der Waals surface area contributed by atoms with E-state index in [9.17, 15) is 34.8 Å². The molecule has 0 spiro atoms. The van der Waals surface area contributed by atoms with Gasteiger partial charge in [-0.1, -0.05) is 43.8 Å². The lowest BCUT2D eigenvalue weighted by atomic mass is 9.74. The number of aliphatic hydroxyl groups is 5. The largest absolute Gasteiger partial charge is 0.460 e. The minimum atomic E-state index is -1.09. The van der Waals surface area contributed by atoms with Crippen LogP contribution < -0.4 is 0 Å². The second-order valence-corrected chi connectivity index (χ2v) is 7.52. The van der Waals surface area contributed by atoms with Crippen molar-refractivity contribution in [1.82, 2.24) is 0 Å². The number of carbonyl (C=O) groups excluding carboxylic acids is 3. The van der Waals surface area contributed by atoms with Gasteiger partial charge in [-0.2, -0.15) is 9.98 Å². The lowest BCUT2D eigenvalue weighted by molar-refractivity contribution is -0.143. The van der Waals surface area contributed by atoms with Crippen LogP contribution in [-0.4, -0.2) is 82.8 Å². The summed E-state index contributed by atoms with van der Waals surface area (Å²) in [5.41, 5.74) is -0.291. The topological polar surface area (TPSA) is 186 Å². The number of isocyanates is 2. The Hall–Kier alpha value is -3.01. The number of aliphatic imine (C=N–C) groups is 2. The molecule has 0 amide bonds. The van der Waals surface area contributed by atoms with Crippen LogP contribution in [0.15, 0.2) is 52.5 Å². The van der Waals surface area contributed by atoms with Crippen LogP contribution in [0.4, 0.5) is 0 Å². The Kier molecular flexibility index (Phi) is 15.9. The maximum absolute atomic E-state index is 11.4. The number of hydrogen-bond acceptors (Lipinski definition) is 11. The van der Waals surface area contributed by atoms with Crippen LogP contribution in [0.2, 0.25) is 0 Å². The Balaban J connectivity index is 0.000000712. The molecule has 188 valence electrons. The second-order valence-electron chi connectivity index (χ2n) is 7.52. The molecule has 2 unspecified atom stereocenters. The van der Waals surface area contributed by atoms with E-state index in [1.54, 1.807) is 31.2 Å². The van der Waals surface area contributed by atoms with Gasteiger partial charge in [0.15, 0.2) is 6.17 Å². The van der Waals surface area contributed by atoms with Gasteiger partial charge in [-0.3, -0.25) is 0 Å². The van der Waals surface area contributed by atoms with Crippen molar-refractivity contribution in [2.45, 2.75) is 32.0 Å². The van der Waals surface area contributed by atoms with Crippen molar-refractivity contribution < 1.29 is 44.7 Å². The molecule has 1 aromatic carbocycles. The second kappa shape index (κ2) is 17.5. The molecule has 0 fully saturated rings. The van der Waals surface area contributed by atoms with Gasteiger partial charge in [0.2, 0.25) is 12.2 Å². The smallest absolute Gasteiger partial charge is 0.333 e. The Morgan fingerprint density at radius 3 is 2.09 bits per heavy atom. The van der Waals surface area contributed by atoms with Gasteiger partial charge in [-0.05, 0) is 17.9 Å². The third-order valence-corrected chi connectivity index (χ3v) is 5.15. The summed E-state index contributed by atoms with van der Waals surface area (Å²) in [6.07, 6.45) is 0.869. The summed E-state index contributed by atoms with van der Waals surface area (Å²) in [6, 6.07) is 8.78. The Morgan fingerprint density at radius 2 is 1.65 bits per heavy atom. The number of benzene rings is 1. The molecule has 0 saturated heterocycles. The third kappa shape index (κ3) is 10.7. The standard InChI is InChI=1S/C14H26O7.C9H6N2O2/c1-10(3-4-15)13(20)21-7-12(19)5-14(8-17,9-18)11(2)6-16;12-6-10-9(11-7-13)8-4-2-1-3-5-8/h11-12,15-19H,1,3-9H2,2H3;1-5,9H. The summed E-state index contributed by atoms with van der Waals surface area (Å²) < 4.78 is 4.84. The fraction of sp³-hybridized carbons (Fsp3) is 0.522. The van der Waals surface area contributed by atoms with Gasteiger partial charge in [0.1, 0.15) is 6.61 Å². The average Bonchev–Trinajstić information content (AvgIpc) is 2.86. The van der Waals surface area contributed by atoms with Crippen LogP contribution in [0.25, 0.3) is 0 Å². The van der Waals surface area contributed by atoms with E-state index in [0.29, 0.717) is 5.56 Å². The van der Waals surface area contributed by atoms with E-state index >= 15 is 0 Å². The van der Waals surface area contributed by atoms with Crippen LogP contribution in [0.5, 0.6) is 0 Å². The van der Waals surface area contributed by atoms with Crippen molar-refractivity contribution >= 4 is 18.1 Å². The summed E-state index contributed by atoms with van der Waals surface area (Å²) >= 11 is 0. The highest BCUT2D eigenvalue weighted by molar-refractivity contribution is 5.87. The summed E-state index contributed by atoms with van der Waals surface area (Å²) in [5.74, 6) is -1.14. The van der Waals surface area contributed by atoms with Gasteiger partial charge in [-0.25, -0.2) is 14.4 Å². The van der Waals surface area contributed by atoms with E-state index in [-0.39, 0.29) is 38.2 Å². The number of esters is 1. The van der Waals surface area contributed by atoms with Gasteiger partial charge >= 0.3 is 5.97 Å². The molecule has 2 atom stereocenters. The molecule has 0 aliphatic rings. The minimum Gasteiger partial charge on any atom is -0.460 e. The zero-order chi connectivity index (χ0) is 26.0. The molecule has 34 heavy (non-hydrogen) atoms. The molecule has 1 rings (SSSR count). The van der Waals surface area contributed by atoms with Crippen LogP contribution in [0.1, 0.15) is 31.5 Å². The van der Waals surface area contributed by atoms with E-state index in [1.807, 2.05) is 6.07 Å². The molecule has 0 bridgehead atoms. The maximum Gasteiger partial charge on any atom is 0.333 e. The van der Waals surface area contributed by atoms with Crippen molar-refractivity contribution in [3.05, 3.63) is 48.0 Å². The molecular formula is C23H32N2O9. The normalized spacial score (nSPS) is 13.1. The maximum atomic E-state index is 11.4. The fourth-order valence-electron chi connectivity index (χ4n) is 2.83. The van der Waals surface area contributed by atoms with E-state index in [1.165, 1.54) is 12.2 Å². The third-order valence-electron chi connectivity index (χ3n) is 5.15. The molecule has 0 aromatic heterocycles. The quantitative estimate of drug-likeness (QED) is 0.107. The van der Waals surface area contributed by atoms with Crippen molar-refractivity contribution in [1.29, 1.82) is 0 Å². The van der Waals surface area contributed by atoms with Crippen LogP contribution in [0.3, 0.4) is 0 Å². The highest BCUT2D eigenvalue weighted by Crippen LogP contribution is 2.32. The van der Waals surface area contributed by atoms with Gasteiger partial charge in [0.25, 0.3) is 0 Å². The van der Waals surface area contributed by atoms with Crippen molar-refractivity contribution in [3.63, 3.8) is 0 Å². The zero-order valence-electron chi connectivity index (χ0n) is 19.0. The average molecular weight is 481 g/mol. The van der Waals surface area contributed by atoms with Crippen molar-refractivity contribution in [2.75, 3.05) is 33.0 Å². The molecule has 1 aromatic rings. The summed E-state index contributed by atoms with van der Waals surface area (Å²) in [4.78, 5) is 38.1. The van der Waals surface area contributed by atoms with Crippen LogP contribution in [0, 0.1) is 11.3 Å². The van der Waals surface area contributed by atoms with Crippen LogP contribution in [-0.2, 0) is 19.1 Å². The van der Waals surface area contributed by atoms with Gasteiger partial charge in [-0.15, -0.1) is 0 Å². The SMILES string of the molecule is C=C(CCO)C(=O)OCC(O)CC(CO)(CO)C(C)CO.O=C=NC(N=C=O)c1ccccc1. The monoisotopic (exact) mass is 480 g/mol. The van der Waals surface area contributed by atoms with Crippen molar-refractivity contribution in [2.24, 2.45) is 21.3 Å². The number of hydrogen-bond donors (Lipinski definition) is 5. The van der Waals surface area contributed by atoms with E-state index in [0.717, 1.165) is 0 Å². The molecule has 11 nitrogen and oxygen atoms in total. The van der Waals surface area contributed by atoms with E-state index in [2.05, 4.69) is 16.6 Å². The molecular weight excluding hydrogens is 448 g/mol. The van der Waals surface area contributed by atoms with Gasteiger partial charge < -0.3 is 30.3 Å². The molecule has 0 aliphatic heterocycles. The lowest BCUT2D eigenvalue weighted by Gasteiger charge is -2.36. The van der Waals surface area contributed by atoms with Gasteiger partial charge in [0, 0.05) is 30.6 Å². The summed E-state index contributed by atoms with van der Waals surface area (Å²) in [7, 11) is 0. The summed E-state index contributed by atoms with van der Waals surface area (Å²) in [6.45, 7) is 3.49.